The Morgan fingerprint density at radius 3 is 2.43 bits per heavy atom. The fourth-order valence-corrected chi connectivity index (χ4v) is 3.81. The van der Waals surface area contributed by atoms with Crippen LogP contribution in [-0.2, 0) is 14.2 Å². The molecule has 228 valence electrons. The van der Waals surface area contributed by atoms with Gasteiger partial charge in [0.25, 0.3) is 0 Å². The van der Waals surface area contributed by atoms with E-state index in [-0.39, 0.29) is 25.5 Å². The maximum atomic E-state index is 12.9. The molecule has 2 aromatic heterocycles. The van der Waals surface area contributed by atoms with Gasteiger partial charge in [0.2, 0.25) is 0 Å². The Labute approximate surface area is 246 Å². The fourth-order valence-electron chi connectivity index (χ4n) is 3.81. The van der Waals surface area contributed by atoms with Crippen molar-refractivity contribution >= 4 is 23.8 Å². The van der Waals surface area contributed by atoms with Crippen LogP contribution < -0.4 is 10.1 Å². The van der Waals surface area contributed by atoms with Gasteiger partial charge in [-0.25, -0.2) is 23.9 Å². The molecule has 0 atom stereocenters. The van der Waals surface area contributed by atoms with Crippen LogP contribution in [-0.4, -0.2) is 81.7 Å². The molecule has 12 nitrogen and oxygen atoms in total. The number of benzene rings is 1. The van der Waals surface area contributed by atoms with Gasteiger partial charge < -0.3 is 29.2 Å². The molecule has 0 saturated carbocycles. The van der Waals surface area contributed by atoms with Crippen LogP contribution in [0.15, 0.2) is 42.7 Å². The molecule has 2 heterocycles. The van der Waals surface area contributed by atoms with Crippen LogP contribution in [0.2, 0.25) is 0 Å². The van der Waals surface area contributed by atoms with Crippen molar-refractivity contribution in [3.63, 3.8) is 0 Å². The van der Waals surface area contributed by atoms with Gasteiger partial charge in [-0.1, -0.05) is 12.1 Å². The van der Waals surface area contributed by atoms with Crippen LogP contribution >= 0.6 is 0 Å². The molecular formula is C30H41N5O7. The highest BCUT2D eigenvalue weighted by atomic mass is 16.6. The van der Waals surface area contributed by atoms with E-state index in [1.165, 1.54) is 0 Å². The van der Waals surface area contributed by atoms with Crippen molar-refractivity contribution in [3.05, 3.63) is 48.4 Å². The highest BCUT2D eigenvalue weighted by Crippen LogP contribution is 2.27. The number of rotatable bonds is 11. The molecule has 12 heteroatoms. The van der Waals surface area contributed by atoms with E-state index in [4.69, 9.17) is 18.9 Å². The molecule has 0 aliphatic heterocycles. The summed E-state index contributed by atoms with van der Waals surface area (Å²) in [6.45, 7) is 14.0. The number of carbonyl (C=O) groups is 3. The Morgan fingerprint density at radius 2 is 1.74 bits per heavy atom. The molecule has 1 aromatic carbocycles. The van der Waals surface area contributed by atoms with Crippen molar-refractivity contribution in [2.75, 3.05) is 32.8 Å². The molecule has 42 heavy (non-hydrogen) atoms. The normalized spacial score (nSPS) is 11.6. The molecular weight excluding hydrogens is 542 g/mol. The van der Waals surface area contributed by atoms with E-state index in [1.54, 1.807) is 76.3 Å². The maximum Gasteiger partial charge on any atom is 0.410 e. The number of amides is 2. The minimum Gasteiger partial charge on any atom is -0.492 e. The molecule has 3 aromatic rings. The number of esters is 1. The Balaban J connectivity index is 1.64. The lowest BCUT2D eigenvalue weighted by molar-refractivity contribution is 0.0224. The summed E-state index contributed by atoms with van der Waals surface area (Å²) in [6.07, 6.45) is 2.86. The second-order valence-electron chi connectivity index (χ2n) is 11.5. The maximum absolute atomic E-state index is 12.9. The summed E-state index contributed by atoms with van der Waals surface area (Å²) in [4.78, 5) is 43.0. The summed E-state index contributed by atoms with van der Waals surface area (Å²) in [5, 5.41) is 7.04. The fraction of sp³-hybridized carbons (Fsp3) is 0.500. The lowest BCUT2D eigenvalue weighted by Crippen LogP contribution is -2.41. The smallest absolute Gasteiger partial charge is 0.410 e. The number of fused-ring (bicyclic) bond motifs is 1. The van der Waals surface area contributed by atoms with E-state index in [1.807, 2.05) is 24.3 Å². The van der Waals surface area contributed by atoms with Crippen molar-refractivity contribution in [1.29, 1.82) is 0 Å². The summed E-state index contributed by atoms with van der Waals surface area (Å²) in [6, 6.07) is 8.96. The van der Waals surface area contributed by atoms with E-state index >= 15 is 0 Å². The minimum absolute atomic E-state index is 0.196. The first-order valence-corrected chi connectivity index (χ1v) is 14.0. The third-order valence-corrected chi connectivity index (χ3v) is 5.55. The van der Waals surface area contributed by atoms with E-state index in [2.05, 4.69) is 15.4 Å². The quantitative estimate of drug-likeness (QED) is 0.186. The van der Waals surface area contributed by atoms with Crippen LogP contribution in [0, 0.1) is 0 Å². The second-order valence-corrected chi connectivity index (χ2v) is 11.5. The number of hydrogen-bond donors (Lipinski definition) is 1. The Morgan fingerprint density at radius 1 is 1.00 bits per heavy atom. The van der Waals surface area contributed by atoms with Gasteiger partial charge in [-0.05, 0) is 78.6 Å². The Hall–Kier alpha value is -4.35. The van der Waals surface area contributed by atoms with Gasteiger partial charge in [-0.3, -0.25) is 0 Å². The monoisotopic (exact) mass is 583 g/mol. The predicted molar refractivity (Wildman–Crippen MR) is 157 cm³/mol. The molecule has 3 rings (SSSR count). The number of aromatic nitrogens is 3. The number of nitrogens with zero attached hydrogens (tertiary/aromatic N) is 4. The molecule has 2 amide bonds. The summed E-state index contributed by atoms with van der Waals surface area (Å²) in [5.41, 5.74) is 0.979. The molecule has 0 fully saturated rings. The molecule has 1 N–H and O–H groups in total. The summed E-state index contributed by atoms with van der Waals surface area (Å²) >= 11 is 0. The largest absolute Gasteiger partial charge is 0.492 e. The van der Waals surface area contributed by atoms with Crippen LogP contribution in [0.4, 0.5) is 9.59 Å². The van der Waals surface area contributed by atoms with Crippen molar-refractivity contribution in [2.45, 2.75) is 66.1 Å². The van der Waals surface area contributed by atoms with Crippen molar-refractivity contribution in [3.8, 4) is 16.9 Å². The highest BCUT2D eigenvalue weighted by Gasteiger charge is 2.22. The van der Waals surface area contributed by atoms with Crippen molar-refractivity contribution < 1.29 is 33.3 Å². The third kappa shape index (κ3) is 9.93. The Kier molecular flexibility index (Phi) is 10.7. The average molecular weight is 584 g/mol. The number of hydrogen-bond acceptors (Lipinski definition) is 9. The topological polar surface area (TPSA) is 134 Å². The molecule has 0 aliphatic carbocycles. The first-order chi connectivity index (χ1) is 19.8. The standard InChI is InChI=1S/C30H41N5O7/c1-8-39-26(36)24-13-16-35-25(33-24)23(20-32-35)21-11-9-12-22(19-21)40-18-17-34(28(38)42-30(5,6)7)15-10-14-31-27(37)41-29(2,3)4/h9,11-13,16,19-20H,8,10,14-15,17-18H2,1-7H3,(H,31,37). The van der Waals surface area contributed by atoms with E-state index in [0.29, 0.717) is 30.9 Å². The molecule has 0 spiro atoms. The van der Waals surface area contributed by atoms with Crippen LogP contribution in [0.5, 0.6) is 5.75 Å². The molecule has 0 saturated heterocycles. The second kappa shape index (κ2) is 14.0. The van der Waals surface area contributed by atoms with Crippen LogP contribution in [0.3, 0.4) is 0 Å². The minimum atomic E-state index is -0.658. The zero-order valence-corrected chi connectivity index (χ0v) is 25.4. The number of ether oxygens (including phenoxy) is 4. The van der Waals surface area contributed by atoms with Crippen molar-refractivity contribution in [2.24, 2.45) is 0 Å². The molecule has 0 unspecified atom stereocenters. The summed E-state index contributed by atoms with van der Waals surface area (Å²) in [7, 11) is 0. The predicted octanol–water partition coefficient (Wildman–Crippen LogP) is 5.10. The number of carbonyl (C=O) groups excluding carboxylic acids is 3. The van der Waals surface area contributed by atoms with Crippen molar-refractivity contribution in [1.82, 2.24) is 24.8 Å². The molecule has 0 radical (unpaired) electrons. The van der Waals surface area contributed by atoms with E-state index in [9.17, 15) is 14.4 Å². The van der Waals surface area contributed by atoms with Gasteiger partial charge in [-0.2, -0.15) is 5.10 Å². The SMILES string of the molecule is CCOC(=O)c1ccn2ncc(-c3cccc(OCCN(CCCNC(=O)OC(C)(C)C)C(=O)OC(C)(C)C)c3)c2n1. The lowest BCUT2D eigenvalue weighted by Gasteiger charge is -2.27. The third-order valence-electron chi connectivity index (χ3n) is 5.55. The summed E-state index contributed by atoms with van der Waals surface area (Å²) < 4.78 is 23.5. The lowest BCUT2D eigenvalue weighted by atomic mass is 10.1. The highest BCUT2D eigenvalue weighted by molar-refractivity contribution is 5.89. The van der Waals surface area contributed by atoms with Gasteiger partial charge in [-0.15, -0.1) is 0 Å². The number of nitrogens with one attached hydrogen (secondary N) is 1. The van der Waals surface area contributed by atoms with E-state index in [0.717, 1.165) is 11.1 Å². The zero-order valence-electron chi connectivity index (χ0n) is 25.4. The van der Waals surface area contributed by atoms with Gasteiger partial charge in [0.1, 0.15) is 23.6 Å². The van der Waals surface area contributed by atoms with Gasteiger partial charge >= 0.3 is 18.2 Å². The van der Waals surface area contributed by atoms with Crippen LogP contribution in [0.25, 0.3) is 16.8 Å². The molecule has 0 aliphatic rings. The van der Waals surface area contributed by atoms with E-state index < -0.39 is 29.4 Å². The average Bonchev–Trinajstić information content (AvgIpc) is 3.31. The summed E-state index contributed by atoms with van der Waals surface area (Å²) in [5.74, 6) is 0.0866. The van der Waals surface area contributed by atoms with Gasteiger partial charge in [0.15, 0.2) is 11.3 Å². The zero-order chi connectivity index (χ0) is 30.9. The first kappa shape index (κ1) is 32.2. The Bertz CT molecular complexity index is 1370. The molecule has 0 bridgehead atoms. The van der Waals surface area contributed by atoms with Gasteiger partial charge in [0, 0.05) is 24.8 Å². The van der Waals surface area contributed by atoms with Gasteiger partial charge in [0.05, 0.1) is 19.3 Å². The number of alkyl carbamates (subject to hydrolysis) is 1. The first-order valence-electron chi connectivity index (χ1n) is 14.0. The van der Waals surface area contributed by atoms with Crippen LogP contribution in [0.1, 0.15) is 65.4 Å².